The highest BCUT2D eigenvalue weighted by molar-refractivity contribution is 7.16. The predicted molar refractivity (Wildman–Crippen MR) is 132 cm³/mol. The fourth-order valence-electron chi connectivity index (χ4n) is 4.08. The number of anilines is 1. The van der Waals surface area contributed by atoms with Gasteiger partial charge in [0.05, 0.1) is 39.9 Å². The highest BCUT2D eigenvalue weighted by Crippen LogP contribution is 2.32. The van der Waals surface area contributed by atoms with Crippen molar-refractivity contribution in [3.63, 3.8) is 0 Å². The molecule has 208 valence electrons. The third-order valence-electron chi connectivity index (χ3n) is 5.70. The van der Waals surface area contributed by atoms with Crippen molar-refractivity contribution in [1.29, 1.82) is 0 Å². The lowest BCUT2D eigenvalue weighted by Gasteiger charge is -2.34. The standard InChI is InChI=1S/C22H25F6N7OS2/c1-13-18(38-14(2)30-13)16-10-37-20(31-16)32-17-4-3-15(9-29-17)19(36)35-8-6-33(11-21(23,24)25)5-7-34(35)12-22(26,27)28/h3-4,9-10,17,29H,5-8,11-12H2,1-2H3,(H,31,32). The Balaban J connectivity index is 1.40. The first kappa shape index (κ1) is 28.3. The predicted octanol–water partition coefficient (Wildman–Crippen LogP) is 4.15. The molecule has 1 amide bonds. The average molecular weight is 582 g/mol. The van der Waals surface area contributed by atoms with E-state index in [1.165, 1.54) is 23.6 Å². The number of amides is 1. The molecule has 4 rings (SSSR count). The number of aryl methyl sites for hydroxylation is 2. The van der Waals surface area contributed by atoms with Gasteiger partial charge in [0.15, 0.2) is 5.13 Å². The molecule has 38 heavy (non-hydrogen) atoms. The topological polar surface area (TPSA) is 76.6 Å². The van der Waals surface area contributed by atoms with Gasteiger partial charge in [-0.1, -0.05) is 0 Å². The summed E-state index contributed by atoms with van der Waals surface area (Å²) in [6.07, 6.45) is -5.11. The zero-order valence-electron chi connectivity index (χ0n) is 20.4. The van der Waals surface area contributed by atoms with E-state index < -0.39 is 37.5 Å². The molecule has 0 aliphatic carbocycles. The zero-order chi connectivity index (χ0) is 27.7. The van der Waals surface area contributed by atoms with Crippen molar-refractivity contribution in [1.82, 2.24) is 30.2 Å². The lowest BCUT2D eigenvalue weighted by Crippen LogP contribution is -2.51. The van der Waals surface area contributed by atoms with Crippen LogP contribution in [0.3, 0.4) is 0 Å². The maximum absolute atomic E-state index is 13.2. The number of carbonyl (C=O) groups is 1. The SMILES string of the molecule is Cc1nc(C)c(-c2csc(NC3C=CC(C(=O)N4CCN(CC(F)(F)F)CCN4CC(F)(F)F)=CN3)n2)s1. The molecule has 2 aromatic rings. The van der Waals surface area contributed by atoms with E-state index in [1.54, 1.807) is 17.4 Å². The maximum atomic E-state index is 13.2. The first-order valence-corrected chi connectivity index (χ1v) is 13.2. The quantitative estimate of drug-likeness (QED) is 0.497. The van der Waals surface area contributed by atoms with E-state index in [2.05, 4.69) is 20.6 Å². The molecule has 2 aliphatic rings. The van der Waals surface area contributed by atoms with Crippen LogP contribution < -0.4 is 10.6 Å². The van der Waals surface area contributed by atoms with Crippen LogP contribution in [0.1, 0.15) is 10.7 Å². The second-order valence-electron chi connectivity index (χ2n) is 8.76. The van der Waals surface area contributed by atoms with Crippen LogP contribution in [-0.4, -0.2) is 88.6 Å². The van der Waals surface area contributed by atoms with Gasteiger partial charge in [0.1, 0.15) is 12.7 Å². The number of rotatable bonds is 6. The second kappa shape index (κ2) is 11.2. The van der Waals surface area contributed by atoms with Gasteiger partial charge in [0.25, 0.3) is 5.91 Å². The van der Waals surface area contributed by atoms with E-state index in [1.807, 2.05) is 19.2 Å². The van der Waals surface area contributed by atoms with Crippen LogP contribution in [0.15, 0.2) is 29.3 Å². The van der Waals surface area contributed by atoms with Crippen LogP contribution in [0.2, 0.25) is 0 Å². The molecule has 1 unspecified atom stereocenters. The van der Waals surface area contributed by atoms with Crippen LogP contribution in [0.5, 0.6) is 0 Å². The van der Waals surface area contributed by atoms with Crippen molar-refractivity contribution in [2.24, 2.45) is 0 Å². The summed E-state index contributed by atoms with van der Waals surface area (Å²) in [5, 5.41) is 11.2. The van der Waals surface area contributed by atoms with Gasteiger partial charge in [-0.05, 0) is 26.0 Å². The van der Waals surface area contributed by atoms with E-state index in [9.17, 15) is 31.1 Å². The highest BCUT2D eigenvalue weighted by Gasteiger charge is 2.39. The number of hydrogen-bond acceptors (Lipinski definition) is 9. The summed E-state index contributed by atoms with van der Waals surface area (Å²) >= 11 is 2.93. The molecule has 0 saturated carbocycles. The first-order valence-electron chi connectivity index (χ1n) is 11.5. The lowest BCUT2D eigenvalue weighted by atomic mass is 10.2. The van der Waals surface area contributed by atoms with Crippen molar-refractivity contribution in [3.05, 3.63) is 40.0 Å². The van der Waals surface area contributed by atoms with E-state index in [0.29, 0.717) is 5.13 Å². The van der Waals surface area contributed by atoms with E-state index in [0.717, 1.165) is 36.2 Å². The fourth-order valence-corrected chi connectivity index (χ4v) is 5.78. The molecule has 2 aromatic heterocycles. The first-order chi connectivity index (χ1) is 17.8. The summed E-state index contributed by atoms with van der Waals surface area (Å²) in [7, 11) is 0. The van der Waals surface area contributed by atoms with Gasteiger partial charge in [-0.15, -0.1) is 22.7 Å². The number of nitrogens with one attached hydrogen (secondary N) is 2. The number of alkyl halides is 6. The average Bonchev–Trinajstić information content (AvgIpc) is 3.35. The molecule has 4 heterocycles. The van der Waals surface area contributed by atoms with Crippen molar-refractivity contribution < 1.29 is 31.1 Å². The summed E-state index contributed by atoms with van der Waals surface area (Å²) in [6.45, 7) is -0.0217. The van der Waals surface area contributed by atoms with Crippen molar-refractivity contribution >= 4 is 33.7 Å². The molecule has 0 spiro atoms. The number of thiazole rings is 2. The summed E-state index contributed by atoms with van der Waals surface area (Å²) in [5.74, 6) is -0.738. The Bertz CT molecular complexity index is 1210. The van der Waals surface area contributed by atoms with Crippen LogP contribution in [-0.2, 0) is 4.79 Å². The summed E-state index contributed by atoms with van der Waals surface area (Å²) in [4.78, 5) is 24.1. The van der Waals surface area contributed by atoms with E-state index in [-0.39, 0.29) is 31.8 Å². The Labute approximate surface area is 222 Å². The number of carbonyl (C=O) groups excluding carboxylic acids is 1. The second-order valence-corrected chi connectivity index (χ2v) is 10.8. The number of nitrogens with zero attached hydrogens (tertiary/aromatic N) is 5. The van der Waals surface area contributed by atoms with Crippen LogP contribution >= 0.6 is 22.7 Å². The van der Waals surface area contributed by atoms with Gasteiger partial charge < -0.3 is 10.6 Å². The van der Waals surface area contributed by atoms with E-state index >= 15 is 0 Å². The fraction of sp³-hybridized carbons (Fsp3) is 0.500. The third-order valence-corrected chi connectivity index (χ3v) is 7.56. The summed E-state index contributed by atoms with van der Waals surface area (Å²) < 4.78 is 78.0. The van der Waals surface area contributed by atoms with Gasteiger partial charge in [0, 0.05) is 31.2 Å². The zero-order valence-corrected chi connectivity index (χ0v) is 22.0. The summed E-state index contributed by atoms with van der Waals surface area (Å²) in [6, 6.07) is 0. The number of aromatic nitrogens is 2. The molecule has 2 aliphatic heterocycles. The number of dihydropyridines is 1. The number of hydrogen-bond donors (Lipinski definition) is 2. The normalized spacial score (nSPS) is 19.7. The van der Waals surface area contributed by atoms with Crippen molar-refractivity contribution in [2.75, 3.05) is 44.6 Å². The van der Waals surface area contributed by atoms with Gasteiger partial charge in [0.2, 0.25) is 0 Å². The largest absolute Gasteiger partial charge is 0.403 e. The molecule has 0 aromatic carbocycles. The molecule has 1 saturated heterocycles. The Morgan fingerprint density at radius 3 is 2.39 bits per heavy atom. The Morgan fingerprint density at radius 1 is 1.08 bits per heavy atom. The van der Waals surface area contributed by atoms with Crippen LogP contribution in [0.25, 0.3) is 10.6 Å². The Hall–Kier alpha value is -2.69. The van der Waals surface area contributed by atoms with E-state index in [4.69, 9.17) is 0 Å². The van der Waals surface area contributed by atoms with Gasteiger partial charge in [-0.25, -0.2) is 15.0 Å². The molecule has 0 radical (unpaired) electrons. The minimum atomic E-state index is -4.63. The smallest absolute Gasteiger partial charge is 0.367 e. The molecule has 8 nitrogen and oxygen atoms in total. The van der Waals surface area contributed by atoms with Gasteiger partial charge in [-0.2, -0.15) is 26.3 Å². The Morgan fingerprint density at radius 2 is 1.79 bits per heavy atom. The molecule has 1 fully saturated rings. The molecule has 1 atom stereocenters. The monoisotopic (exact) mass is 581 g/mol. The molecule has 16 heteroatoms. The number of halogens is 6. The molecule has 2 N–H and O–H groups in total. The molecule has 0 bridgehead atoms. The maximum Gasteiger partial charge on any atom is 0.403 e. The Kier molecular flexibility index (Phi) is 8.34. The van der Waals surface area contributed by atoms with Gasteiger partial charge in [-0.3, -0.25) is 14.7 Å². The van der Waals surface area contributed by atoms with Crippen LogP contribution in [0, 0.1) is 13.8 Å². The van der Waals surface area contributed by atoms with Crippen LogP contribution in [0.4, 0.5) is 31.5 Å². The van der Waals surface area contributed by atoms with Crippen molar-refractivity contribution in [3.8, 4) is 10.6 Å². The minimum Gasteiger partial charge on any atom is -0.367 e. The molecular formula is C22H25F6N7OS2. The summed E-state index contributed by atoms with van der Waals surface area (Å²) in [5.41, 5.74) is 1.76. The third kappa shape index (κ3) is 7.45. The van der Waals surface area contributed by atoms with Gasteiger partial charge >= 0.3 is 12.4 Å². The minimum absolute atomic E-state index is 0.0788. The number of hydrazine groups is 1. The highest BCUT2D eigenvalue weighted by atomic mass is 32.1. The lowest BCUT2D eigenvalue weighted by molar-refractivity contribution is -0.183. The van der Waals surface area contributed by atoms with Crippen molar-refractivity contribution in [2.45, 2.75) is 32.4 Å². The molecular weight excluding hydrogens is 556 g/mol.